The van der Waals surface area contributed by atoms with E-state index >= 15 is 0 Å². The van der Waals surface area contributed by atoms with Crippen molar-refractivity contribution in [2.24, 2.45) is 16.7 Å². The van der Waals surface area contributed by atoms with Crippen molar-refractivity contribution in [3.05, 3.63) is 58.3 Å². The molecule has 296 valence electrons. The first-order valence-corrected chi connectivity index (χ1v) is 22.9. The van der Waals surface area contributed by atoms with E-state index in [-0.39, 0.29) is 29.9 Å². The minimum absolute atomic E-state index is 0.0646. The summed E-state index contributed by atoms with van der Waals surface area (Å²) in [6, 6.07) is 14.5. The smallest absolute Gasteiger partial charge is 0.317 e. The molecule has 5 fully saturated rings. The largest absolute Gasteiger partial charge is 0.351 e. The second-order valence-electron chi connectivity index (χ2n) is 17.1. The van der Waals surface area contributed by atoms with Crippen molar-refractivity contribution in [3.8, 4) is 0 Å². The average Bonchev–Trinajstić information content (AvgIpc) is 3.53. The van der Waals surface area contributed by atoms with Gasteiger partial charge in [-0.05, 0) is 118 Å². The van der Waals surface area contributed by atoms with Crippen molar-refractivity contribution < 1.29 is 14.4 Å². The normalized spacial score (nSPS) is 27.2. The topological polar surface area (TPSA) is 109 Å². The van der Waals surface area contributed by atoms with E-state index in [2.05, 4.69) is 55.9 Å². The lowest BCUT2D eigenvalue weighted by molar-refractivity contribution is -0.138. The summed E-state index contributed by atoms with van der Waals surface area (Å²) in [5.41, 5.74) is 2.27. The Morgan fingerprint density at radius 2 is 1.65 bits per heavy atom. The number of carbonyl (C=O) groups excluding carboxylic acids is 3. The molecular weight excluding hydrogens is 715 g/mol. The number of carbonyl (C=O) groups is 3. The van der Waals surface area contributed by atoms with E-state index in [1.54, 1.807) is 23.3 Å². The predicted octanol–water partition coefficient (Wildman–Crippen LogP) is 6.00. The van der Waals surface area contributed by atoms with Crippen molar-refractivity contribution in [1.29, 1.82) is 0 Å². The third kappa shape index (κ3) is 10.4. The third-order valence-electron chi connectivity index (χ3n) is 13.4. The first kappa shape index (κ1) is 39.6. The lowest BCUT2D eigenvalue weighted by Crippen LogP contribution is -2.61. The Hall–Kier alpha value is -2.64. The van der Waals surface area contributed by atoms with Crippen LogP contribution in [-0.2, 0) is 22.7 Å². The van der Waals surface area contributed by atoms with Crippen molar-refractivity contribution in [2.75, 3.05) is 52.1 Å². The number of thiophene rings is 1. The summed E-state index contributed by atoms with van der Waals surface area (Å²) in [7, 11) is 0. The molecule has 0 unspecified atom stereocenters. The highest BCUT2D eigenvalue weighted by atomic mass is 32.2. The lowest BCUT2D eigenvalue weighted by atomic mass is 9.72. The predicted molar refractivity (Wildman–Crippen MR) is 219 cm³/mol. The van der Waals surface area contributed by atoms with Gasteiger partial charge in [0.25, 0.3) is 0 Å². The summed E-state index contributed by atoms with van der Waals surface area (Å²) in [4.78, 5) is 49.5. The number of hydrogen-bond acceptors (Lipinski definition) is 8. The van der Waals surface area contributed by atoms with Gasteiger partial charge in [0.2, 0.25) is 11.8 Å². The molecule has 10 nitrogen and oxygen atoms in total. The average molecular weight is 778 g/mol. The zero-order chi connectivity index (χ0) is 37.4. The molecular formula is C42H63N7O3S2. The van der Waals surface area contributed by atoms with Crippen LogP contribution in [0.25, 0.3) is 0 Å². The molecule has 3 atom stereocenters. The van der Waals surface area contributed by atoms with Gasteiger partial charge in [-0.3, -0.25) is 19.2 Å². The summed E-state index contributed by atoms with van der Waals surface area (Å²) in [6.07, 6.45) is 16.0. The Bertz CT molecular complexity index is 1500. The monoisotopic (exact) mass is 777 g/mol. The van der Waals surface area contributed by atoms with Crippen LogP contribution in [0.2, 0.25) is 0 Å². The summed E-state index contributed by atoms with van der Waals surface area (Å²) in [5, 5.41) is 12.3. The number of likely N-dealkylation sites (tertiary alicyclic amines) is 3. The fourth-order valence-corrected chi connectivity index (χ4v) is 10.7. The van der Waals surface area contributed by atoms with Gasteiger partial charge in [0, 0.05) is 62.8 Å². The van der Waals surface area contributed by atoms with Gasteiger partial charge in [-0.15, -0.1) is 11.3 Å². The molecule has 2 spiro atoms. The summed E-state index contributed by atoms with van der Waals surface area (Å²) in [6.45, 7) is 7.16. The van der Waals surface area contributed by atoms with Gasteiger partial charge in [0.15, 0.2) is 0 Å². The summed E-state index contributed by atoms with van der Waals surface area (Å²) < 4.78 is 3.35. The van der Waals surface area contributed by atoms with Crippen LogP contribution in [0, 0.1) is 16.7 Å². The van der Waals surface area contributed by atoms with Gasteiger partial charge in [-0.25, -0.2) is 4.79 Å². The highest BCUT2D eigenvalue weighted by molar-refractivity contribution is 7.96. The number of piperidine rings is 2. The quantitative estimate of drug-likeness (QED) is 0.130. The van der Waals surface area contributed by atoms with Crippen LogP contribution in [0.3, 0.4) is 0 Å². The number of benzene rings is 1. The molecule has 3 saturated heterocycles. The Morgan fingerprint density at radius 1 is 0.870 bits per heavy atom. The molecule has 3 aliphatic heterocycles. The molecule has 2 saturated carbocycles. The minimum Gasteiger partial charge on any atom is -0.351 e. The maximum Gasteiger partial charge on any atom is 0.317 e. The van der Waals surface area contributed by atoms with Gasteiger partial charge < -0.3 is 25.8 Å². The zero-order valence-electron chi connectivity index (χ0n) is 32.4. The molecule has 12 heteroatoms. The zero-order valence-corrected chi connectivity index (χ0v) is 34.0. The number of rotatable bonds is 15. The van der Waals surface area contributed by atoms with E-state index in [1.807, 2.05) is 33.6 Å². The molecule has 4 heterocycles. The molecule has 0 radical (unpaired) electrons. The fourth-order valence-electron chi connectivity index (χ4n) is 9.66. The van der Waals surface area contributed by atoms with E-state index in [1.165, 1.54) is 44.2 Å². The highest BCUT2D eigenvalue weighted by Crippen LogP contribution is 2.53. The van der Waals surface area contributed by atoms with Crippen molar-refractivity contribution >= 4 is 41.1 Å². The SMILES string of the molecule is CSNCCCC[C@@H](NC1CCC2(CC1)CCN(Cc1ccccc1)C2)C(=O)N1CC[C@@H](NC(=O)N2CCC3(CC2)CC3)[C@@H](C(=O)NCc2cccs2)C1. The minimum atomic E-state index is -0.506. The number of unbranched alkanes of at least 4 members (excludes halogenated alkanes) is 1. The molecule has 4 amide bonds. The number of nitrogens with one attached hydrogen (secondary N) is 4. The Labute approximate surface area is 331 Å². The number of nitrogens with zero attached hydrogens (tertiary/aromatic N) is 3. The van der Waals surface area contributed by atoms with Crippen molar-refractivity contribution in [2.45, 2.75) is 115 Å². The van der Waals surface area contributed by atoms with E-state index < -0.39 is 5.92 Å². The third-order valence-corrected chi connectivity index (χ3v) is 14.7. The Balaban J connectivity index is 0.970. The Morgan fingerprint density at radius 3 is 2.37 bits per heavy atom. The van der Waals surface area contributed by atoms with Crippen LogP contribution in [-0.4, -0.2) is 103 Å². The van der Waals surface area contributed by atoms with E-state index in [0.717, 1.165) is 82.5 Å². The summed E-state index contributed by atoms with van der Waals surface area (Å²) >= 11 is 3.25. The summed E-state index contributed by atoms with van der Waals surface area (Å²) in [5.74, 6) is -0.493. The number of amides is 4. The van der Waals surface area contributed by atoms with Crippen LogP contribution in [0.1, 0.15) is 93.9 Å². The number of hydrogen-bond donors (Lipinski definition) is 4. The van der Waals surface area contributed by atoms with Gasteiger partial charge in [0.1, 0.15) is 0 Å². The highest BCUT2D eigenvalue weighted by Gasteiger charge is 2.46. The van der Waals surface area contributed by atoms with Gasteiger partial charge in [-0.1, -0.05) is 54.8 Å². The first-order chi connectivity index (χ1) is 26.3. The maximum absolute atomic E-state index is 14.5. The molecule has 2 aliphatic carbocycles. The van der Waals surface area contributed by atoms with Gasteiger partial charge in [0.05, 0.1) is 18.5 Å². The van der Waals surface area contributed by atoms with Crippen LogP contribution >= 0.6 is 23.3 Å². The molecule has 4 N–H and O–H groups in total. The van der Waals surface area contributed by atoms with Crippen LogP contribution in [0.4, 0.5) is 4.79 Å². The molecule has 1 aromatic carbocycles. The first-order valence-electron chi connectivity index (χ1n) is 20.8. The molecule has 5 aliphatic rings. The lowest BCUT2D eigenvalue weighted by Gasteiger charge is -2.42. The van der Waals surface area contributed by atoms with Gasteiger partial charge >= 0.3 is 6.03 Å². The molecule has 54 heavy (non-hydrogen) atoms. The Kier molecular flexibility index (Phi) is 13.6. The van der Waals surface area contributed by atoms with Crippen molar-refractivity contribution in [1.82, 2.24) is 35.4 Å². The van der Waals surface area contributed by atoms with Crippen LogP contribution < -0.4 is 20.7 Å². The number of urea groups is 1. The molecule has 2 aromatic rings. The molecule has 7 rings (SSSR count). The van der Waals surface area contributed by atoms with E-state index in [4.69, 9.17) is 0 Å². The van der Waals surface area contributed by atoms with Crippen molar-refractivity contribution in [3.63, 3.8) is 0 Å². The maximum atomic E-state index is 14.5. The van der Waals surface area contributed by atoms with E-state index in [9.17, 15) is 14.4 Å². The van der Waals surface area contributed by atoms with Gasteiger partial charge in [-0.2, -0.15) is 0 Å². The fraction of sp³-hybridized carbons (Fsp3) is 0.690. The standard InChI is InChI=1S/C42H63N7O3S2/c1-53-44-22-6-5-11-37(45-33-12-15-42(16-13-33)19-24-47(31-42)29-32-8-3-2-4-9-32)39(51)49-23-14-36(35(30-49)38(50)43-28-34-10-7-27-54-34)46-40(52)48-25-20-41(17-18-41)21-26-48/h2-4,7-10,27,33,35-37,44-45H,5-6,11-26,28-31H2,1H3,(H,43,50)(H,46,52)/t33?,35-,36+,37+,42?/m0/s1. The van der Waals surface area contributed by atoms with Crippen LogP contribution in [0.15, 0.2) is 47.8 Å². The second kappa shape index (κ2) is 18.5. The second-order valence-corrected chi connectivity index (χ2v) is 18.8. The molecule has 1 aromatic heterocycles. The van der Waals surface area contributed by atoms with Crippen LogP contribution in [0.5, 0.6) is 0 Å². The van der Waals surface area contributed by atoms with E-state index in [0.29, 0.717) is 42.9 Å². The molecule has 0 bridgehead atoms.